The summed E-state index contributed by atoms with van der Waals surface area (Å²) in [4.78, 5) is 22.8. The highest BCUT2D eigenvalue weighted by Crippen LogP contribution is 2.17. The second-order valence-electron chi connectivity index (χ2n) is 3.74. The monoisotopic (exact) mass is 236 g/mol. The van der Waals surface area contributed by atoms with Crippen molar-refractivity contribution in [1.29, 1.82) is 0 Å². The number of esters is 1. The van der Waals surface area contributed by atoms with Crippen molar-refractivity contribution >= 4 is 11.8 Å². The minimum absolute atomic E-state index is 0.195. The third kappa shape index (κ3) is 3.59. The molecule has 0 radical (unpaired) electrons. The molecule has 0 aliphatic heterocycles. The fourth-order valence-electron chi connectivity index (χ4n) is 1.57. The summed E-state index contributed by atoms with van der Waals surface area (Å²) < 4.78 is 9.69. The second kappa shape index (κ2) is 6.03. The summed E-state index contributed by atoms with van der Waals surface area (Å²) >= 11 is 0. The van der Waals surface area contributed by atoms with Gasteiger partial charge in [-0.15, -0.1) is 0 Å². The highest BCUT2D eigenvalue weighted by atomic mass is 16.5. The van der Waals surface area contributed by atoms with E-state index in [4.69, 9.17) is 4.74 Å². The molecular weight excluding hydrogens is 220 g/mol. The Morgan fingerprint density at radius 1 is 1.29 bits per heavy atom. The molecule has 0 amide bonds. The standard InChI is InChI=1S/C13H16O4/c1-9(14)12(13(15)17-3)8-10-5-4-6-11(7-10)16-2/h4-7,12H,8H2,1-3H3. The maximum Gasteiger partial charge on any atom is 0.316 e. The number of carbonyl (C=O) groups is 2. The molecule has 0 saturated heterocycles. The van der Waals surface area contributed by atoms with Crippen LogP contribution in [0.15, 0.2) is 24.3 Å². The average molecular weight is 236 g/mol. The maximum atomic E-state index is 11.4. The van der Waals surface area contributed by atoms with Crippen LogP contribution in [-0.2, 0) is 20.7 Å². The Balaban J connectivity index is 2.85. The number of ketones is 1. The summed E-state index contributed by atoms with van der Waals surface area (Å²) in [5.41, 5.74) is 0.870. The summed E-state index contributed by atoms with van der Waals surface area (Å²) in [6.07, 6.45) is 0.333. The van der Waals surface area contributed by atoms with Crippen molar-refractivity contribution in [3.63, 3.8) is 0 Å². The molecule has 0 N–H and O–H groups in total. The first-order valence-corrected chi connectivity index (χ1v) is 5.29. The van der Waals surface area contributed by atoms with Gasteiger partial charge in [-0.3, -0.25) is 9.59 Å². The summed E-state index contributed by atoms with van der Waals surface area (Å²) in [7, 11) is 2.85. The average Bonchev–Trinajstić information content (AvgIpc) is 2.35. The van der Waals surface area contributed by atoms with E-state index in [9.17, 15) is 9.59 Å². The number of rotatable bonds is 5. The Labute approximate surface area is 101 Å². The van der Waals surface area contributed by atoms with E-state index in [1.807, 2.05) is 18.2 Å². The van der Waals surface area contributed by atoms with Crippen LogP contribution in [0.1, 0.15) is 12.5 Å². The van der Waals surface area contributed by atoms with Crippen LogP contribution in [0.4, 0.5) is 0 Å². The third-order valence-electron chi connectivity index (χ3n) is 2.55. The molecule has 0 heterocycles. The van der Waals surface area contributed by atoms with Crippen LogP contribution in [0.2, 0.25) is 0 Å². The molecule has 1 aromatic rings. The predicted molar refractivity (Wildman–Crippen MR) is 62.9 cm³/mol. The maximum absolute atomic E-state index is 11.4. The third-order valence-corrected chi connectivity index (χ3v) is 2.55. The molecule has 92 valence electrons. The second-order valence-corrected chi connectivity index (χ2v) is 3.74. The number of hydrogen-bond donors (Lipinski definition) is 0. The normalized spacial score (nSPS) is 11.7. The minimum atomic E-state index is -0.743. The van der Waals surface area contributed by atoms with Gasteiger partial charge in [0.2, 0.25) is 0 Å². The fourth-order valence-corrected chi connectivity index (χ4v) is 1.57. The van der Waals surface area contributed by atoms with Crippen molar-refractivity contribution < 1.29 is 19.1 Å². The van der Waals surface area contributed by atoms with Crippen LogP contribution >= 0.6 is 0 Å². The van der Waals surface area contributed by atoms with Crippen molar-refractivity contribution in [1.82, 2.24) is 0 Å². The van der Waals surface area contributed by atoms with Crippen LogP contribution in [0.3, 0.4) is 0 Å². The first kappa shape index (κ1) is 13.2. The minimum Gasteiger partial charge on any atom is -0.497 e. The Kier molecular flexibility index (Phi) is 4.69. The quantitative estimate of drug-likeness (QED) is 0.575. The lowest BCUT2D eigenvalue weighted by molar-refractivity contribution is -0.148. The lowest BCUT2D eigenvalue weighted by atomic mass is 9.96. The number of carbonyl (C=O) groups excluding carboxylic acids is 2. The molecule has 0 saturated carbocycles. The van der Waals surface area contributed by atoms with Gasteiger partial charge in [0.25, 0.3) is 0 Å². The molecule has 0 fully saturated rings. The molecule has 0 bridgehead atoms. The van der Waals surface area contributed by atoms with Crippen molar-refractivity contribution in [2.75, 3.05) is 14.2 Å². The lowest BCUT2D eigenvalue weighted by Crippen LogP contribution is -2.25. The van der Waals surface area contributed by atoms with Gasteiger partial charge in [-0.1, -0.05) is 12.1 Å². The smallest absolute Gasteiger partial charge is 0.316 e. The van der Waals surface area contributed by atoms with E-state index >= 15 is 0 Å². The fraction of sp³-hybridized carbons (Fsp3) is 0.385. The van der Waals surface area contributed by atoms with Gasteiger partial charge < -0.3 is 9.47 Å². The largest absolute Gasteiger partial charge is 0.497 e. The highest BCUT2D eigenvalue weighted by Gasteiger charge is 2.24. The molecule has 1 unspecified atom stereocenters. The number of methoxy groups -OCH3 is 2. The summed E-state index contributed by atoms with van der Waals surface area (Å²) in [6.45, 7) is 1.39. The van der Waals surface area contributed by atoms with Gasteiger partial charge in [-0.2, -0.15) is 0 Å². The van der Waals surface area contributed by atoms with Crippen LogP contribution in [0, 0.1) is 5.92 Å². The molecule has 1 rings (SSSR count). The lowest BCUT2D eigenvalue weighted by Gasteiger charge is -2.11. The first-order chi connectivity index (χ1) is 8.08. The molecule has 1 aromatic carbocycles. The van der Waals surface area contributed by atoms with Crippen LogP contribution < -0.4 is 4.74 Å². The molecule has 4 heteroatoms. The summed E-state index contributed by atoms with van der Waals surface area (Å²) in [5, 5.41) is 0. The van der Waals surface area contributed by atoms with Gasteiger partial charge >= 0.3 is 5.97 Å². The number of benzene rings is 1. The van der Waals surface area contributed by atoms with Gasteiger partial charge in [0.1, 0.15) is 17.5 Å². The zero-order chi connectivity index (χ0) is 12.8. The molecule has 0 aliphatic carbocycles. The predicted octanol–water partition coefficient (Wildman–Crippen LogP) is 1.62. The zero-order valence-electron chi connectivity index (χ0n) is 10.2. The van der Waals surface area contributed by atoms with Crippen molar-refractivity contribution in [2.24, 2.45) is 5.92 Å². The van der Waals surface area contributed by atoms with Crippen LogP contribution in [-0.4, -0.2) is 26.0 Å². The molecule has 0 spiro atoms. The SMILES string of the molecule is COC(=O)C(Cc1cccc(OC)c1)C(C)=O. The van der Waals surface area contributed by atoms with E-state index < -0.39 is 11.9 Å². The summed E-state index contributed by atoms with van der Waals surface area (Å²) in [5.74, 6) is -0.734. The number of hydrogen-bond acceptors (Lipinski definition) is 4. The van der Waals surface area contributed by atoms with E-state index in [-0.39, 0.29) is 5.78 Å². The van der Waals surface area contributed by atoms with Crippen LogP contribution in [0.5, 0.6) is 5.75 Å². The van der Waals surface area contributed by atoms with Crippen LogP contribution in [0.25, 0.3) is 0 Å². The van der Waals surface area contributed by atoms with Gasteiger partial charge in [0.05, 0.1) is 14.2 Å². The van der Waals surface area contributed by atoms with E-state index in [1.165, 1.54) is 14.0 Å². The molecule has 0 aliphatic rings. The number of Topliss-reactive ketones (excluding diaryl/α,β-unsaturated/α-hetero) is 1. The van der Waals surface area contributed by atoms with E-state index in [0.29, 0.717) is 12.2 Å². The molecule has 17 heavy (non-hydrogen) atoms. The zero-order valence-corrected chi connectivity index (χ0v) is 10.2. The topological polar surface area (TPSA) is 52.6 Å². The molecule has 0 aromatic heterocycles. The van der Waals surface area contributed by atoms with Crippen molar-refractivity contribution in [2.45, 2.75) is 13.3 Å². The van der Waals surface area contributed by atoms with Gasteiger partial charge in [-0.05, 0) is 31.0 Å². The Hall–Kier alpha value is -1.84. The highest BCUT2D eigenvalue weighted by molar-refractivity contribution is 5.97. The number of ether oxygens (including phenoxy) is 2. The molecular formula is C13H16O4. The van der Waals surface area contributed by atoms with E-state index in [1.54, 1.807) is 13.2 Å². The van der Waals surface area contributed by atoms with E-state index in [0.717, 1.165) is 5.56 Å². The molecule has 1 atom stereocenters. The summed E-state index contributed by atoms with van der Waals surface area (Å²) in [6, 6.07) is 7.29. The van der Waals surface area contributed by atoms with Gasteiger partial charge in [-0.25, -0.2) is 0 Å². The Bertz CT molecular complexity index is 412. The van der Waals surface area contributed by atoms with Crippen molar-refractivity contribution in [3.8, 4) is 5.75 Å². The van der Waals surface area contributed by atoms with Crippen molar-refractivity contribution in [3.05, 3.63) is 29.8 Å². The van der Waals surface area contributed by atoms with Gasteiger partial charge in [0.15, 0.2) is 0 Å². The Morgan fingerprint density at radius 3 is 2.53 bits per heavy atom. The van der Waals surface area contributed by atoms with E-state index in [2.05, 4.69) is 4.74 Å². The molecule has 4 nitrogen and oxygen atoms in total. The van der Waals surface area contributed by atoms with Gasteiger partial charge in [0, 0.05) is 0 Å². The Morgan fingerprint density at radius 2 is 2.00 bits per heavy atom. The first-order valence-electron chi connectivity index (χ1n) is 5.29.